The van der Waals surface area contributed by atoms with Crippen molar-refractivity contribution in [2.45, 2.75) is 33.1 Å². The van der Waals surface area contributed by atoms with Gasteiger partial charge in [-0.25, -0.2) is 13.7 Å². The van der Waals surface area contributed by atoms with Gasteiger partial charge in [0.2, 0.25) is 5.91 Å². The van der Waals surface area contributed by atoms with E-state index in [2.05, 4.69) is 29.2 Å². The number of halogens is 1. The number of nitrogens with zero attached hydrogens (tertiary/aromatic N) is 5. The number of aromatic nitrogens is 2. The van der Waals surface area contributed by atoms with Crippen LogP contribution in [-0.2, 0) is 11.3 Å². The Kier molecular flexibility index (Phi) is 5.51. The number of fused-ring (bicyclic) bond motifs is 1. The monoisotopic (exact) mass is 402 g/mol. The van der Waals surface area contributed by atoms with Gasteiger partial charge in [-0.3, -0.25) is 24.8 Å². The topological polar surface area (TPSA) is 73.2 Å². The predicted molar refractivity (Wildman–Crippen MR) is 107 cm³/mol. The summed E-state index contributed by atoms with van der Waals surface area (Å²) in [6.45, 7) is 7.90. The predicted octanol–water partition coefficient (Wildman–Crippen LogP) is 1.85. The molecule has 29 heavy (non-hydrogen) atoms. The number of anilines is 1. The van der Waals surface area contributed by atoms with Crippen LogP contribution in [0.5, 0.6) is 0 Å². The van der Waals surface area contributed by atoms with Gasteiger partial charge in [-0.2, -0.15) is 5.10 Å². The molecule has 2 aromatic rings. The van der Waals surface area contributed by atoms with Crippen LogP contribution in [0.2, 0.25) is 0 Å². The molecule has 0 saturated carbocycles. The highest BCUT2D eigenvalue weighted by Gasteiger charge is 2.28. The van der Waals surface area contributed by atoms with Gasteiger partial charge < -0.3 is 0 Å². The molecule has 1 atom stereocenters. The zero-order chi connectivity index (χ0) is 20.5. The van der Waals surface area contributed by atoms with E-state index in [4.69, 9.17) is 0 Å². The van der Waals surface area contributed by atoms with E-state index in [0.717, 1.165) is 30.7 Å². The molecule has 156 valence electrons. The summed E-state index contributed by atoms with van der Waals surface area (Å²) < 4.78 is 16.2. The first kappa shape index (κ1) is 19.8. The van der Waals surface area contributed by atoms with Crippen molar-refractivity contribution in [2.24, 2.45) is 5.92 Å². The van der Waals surface area contributed by atoms with Gasteiger partial charge in [-0.05, 0) is 23.6 Å². The molecule has 9 heteroatoms. The smallest absolute Gasteiger partial charge is 0.294 e. The lowest BCUT2D eigenvalue weighted by atomic mass is 10.1. The Morgan fingerprint density at radius 3 is 2.83 bits per heavy atom. The highest BCUT2D eigenvalue weighted by molar-refractivity contribution is 6.07. The molecule has 2 aromatic heterocycles. The first-order valence-electron chi connectivity index (χ1n) is 10.1. The molecule has 0 spiro atoms. The molecule has 0 bridgehead atoms. The van der Waals surface area contributed by atoms with E-state index in [1.54, 1.807) is 10.7 Å². The SMILES string of the molecule is CC(C)CN1CCN(Cc2ccn3ncc(N4CCC(=O)NC4=O)c3c2)C[C@H]1F. The molecule has 2 aliphatic heterocycles. The second kappa shape index (κ2) is 8.08. The average Bonchev–Trinajstić information content (AvgIpc) is 3.07. The Labute approximate surface area is 169 Å². The Hall–Kier alpha value is -2.52. The number of hydrogen-bond donors (Lipinski definition) is 1. The number of urea groups is 1. The maximum Gasteiger partial charge on any atom is 0.328 e. The number of rotatable bonds is 5. The minimum absolute atomic E-state index is 0.263. The minimum atomic E-state index is -0.949. The largest absolute Gasteiger partial charge is 0.328 e. The van der Waals surface area contributed by atoms with Gasteiger partial charge in [-0.1, -0.05) is 13.8 Å². The normalized spacial score (nSPS) is 21.9. The zero-order valence-electron chi connectivity index (χ0n) is 16.8. The van der Waals surface area contributed by atoms with Crippen LogP contribution in [0.3, 0.4) is 0 Å². The molecule has 4 rings (SSSR count). The summed E-state index contributed by atoms with van der Waals surface area (Å²) in [7, 11) is 0. The molecule has 2 saturated heterocycles. The molecule has 3 amide bonds. The fourth-order valence-electron chi connectivity index (χ4n) is 4.02. The van der Waals surface area contributed by atoms with Crippen LogP contribution in [0.1, 0.15) is 25.8 Å². The molecular formula is C20H27FN6O2. The van der Waals surface area contributed by atoms with Gasteiger partial charge in [0.1, 0.15) is 0 Å². The number of imide groups is 1. The van der Waals surface area contributed by atoms with Gasteiger partial charge in [-0.15, -0.1) is 0 Å². The number of piperazine rings is 1. The lowest BCUT2D eigenvalue weighted by Gasteiger charge is -2.38. The lowest BCUT2D eigenvalue weighted by Crippen LogP contribution is -2.51. The van der Waals surface area contributed by atoms with E-state index in [1.165, 1.54) is 4.90 Å². The molecule has 2 aliphatic rings. The van der Waals surface area contributed by atoms with Crippen LogP contribution in [0.25, 0.3) is 5.52 Å². The Balaban J connectivity index is 1.48. The third-order valence-electron chi connectivity index (χ3n) is 5.42. The van der Waals surface area contributed by atoms with Gasteiger partial charge in [0.25, 0.3) is 0 Å². The molecule has 1 N–H and O–H groups in total. The van der Waals surface area contributed by atoms with Gasteiger partial charge >= 0.3 is 6.03 Å². The van der Waals surface area contributed by atoms with Crippen molar-refractivity contribution in [1.29, 1.82) is 0 Å². The number of hydrogen-bond acceptors (Lipinski definition) is 5. The van der Waals surface area contributed by atoms with Crippen LogP contribution in [0, 0.1) is 5.92 Å². The molecule has 2 fully saturated rings. The van der Waals surface area contributed by atoms with Crippen molar-refractivity contribution < 1.29 is 14.0 Å². The van der Waals surface area contributed by atoms with Crippen LogP contribution in [0.15, 0.2) is 24.5 Å². The summed E-state index contributed by atoms with van der Waals surface area (Å²) in [6, 6.07) is 3.53. The van der Waals surface area contributed by atoms with Crippen molar-refractivity contribution in [2.75, 3.05) is 37.6 Å². The first-order valence-corrected chi connectivity index (χ1v) is 10.1. The van der Waals surface area contributed by atoms with E-state index >= 15 is 0 Å². The zero-order valence-corrected chi connectivity index (χ0v) is 16.8. The summed E-state index contributed by atoms with van der Waals surface area (Å²) in [5.41, 5.74) is 2.50. The van der Waals surface area contributed by atoms with Crippen molar-refractivity contribution in [1.82, 2.24) is 24.7 Å². The Bertz CT molecular complexity index is 914. The van der Waals surface area contributed by atoms with Crippen molar-refractivity contribution in [3.63, 3.8) is 0 Å². The molecular weight excluding hydrogens is 375 g/mol. The van der Waals surface area contributed by atoms with E-state index in [-0.39, 0.29) is 12.3 Å². The van der Waals surface area contributed by atoms with Crippen LogP contribution < -0.4 is 10.2 Å². The van der Waals surface area contributed by atoms with Gasteiger partial charge in [0.15, 0.2) is 6.30 Å². The summed E-state index contributed by atoms with van der Waals surface area (Å²) in [5.74, 6) is 0.186. The molecule has 0 radical (unpaired) electrons. The third kappa shape index (κ3) is 4.25. The second-order valence-electron chi connectivity index (χ2n) is 8.21. The number of carbonyl (C=O) groups excluding carboxylic acids is 2. The maximum atomic E-state index is 14.5. The highest BCUT2D eigenvalue weighted by Crippen LogP contribution is 2.25. The molecule has 0 aliphatic carbocycles. The fraction of sp³-hybridized carbons (Fsp3) is 0.550. The van der Waals surface area contributed by atoms with Crippen LogP contribution >= 0.6 is 0 Å². The quantitative estimate of drug-likeness (QED) is 0.773. The van der Waals surface area contributed by atoms with Crippen molar-refractivity contribution in [3.8, 4) is 0 Å². The first-order chi connectivity index (χ1) is 13.9. The summed E-state index contributed by atoms with van der Waals surface area (Å²) in [6.07, 6.45) is 2.80. The van der Waals surface area contributed by atoms with E-state index in [9.17, 15) is 14.0 Å². The fourth-order valence-corrected chi connectivity index (χ4v) is 4.02. The highest BCUT2D eigenvalue weighted by atomic mass is 19.1. The Morgan fingerprint density at radius 2 is 2.10 bits per heavy atom. The van der Waals surface area contributed by atoms with E-state index < -0.39 is 12.3 Å². The number of amides is 3. The van der Waals surface area contributed by atoms with Crippen LogP contribution in [-0.4, -0.2) is 70.4 Å². The summed E-state index contributed by atoms with van der Waals surface area (Å²) >= 11 is 0. The average molecular weight is 402 g/mol. The van der Waals surface area contributed by atoms with E-state index in [1.807, 2.05) is 23.2 Å². The number of pyridine rings is 1. The third-order valence-corrected chi connectivity index (χ3v) is 5.42. The number of carbonyl (C=O) groups is 2. The van der Waals surface area contributed by atoms with E-state index in [0.29, 0.717) is 31.2 Å². The van der Waals surface area contributed by atoms with Gasteiger partial charge in [0, 0.05) is 51.9 Å². The van der Waals surface area contributed by atoms with Crippen molar-refractivity contribution >= 4 is 23.1 Å². The standard InChI is InChI=1S/C20H27FN6O2/c1-14(2)11-25-8-7-24(13-18(25)21)12-15-3-6-27-16(9-15)17(10-22-27)26-5-4-19(28)23-20(26)29/h3,6,9-10,14,18H,4-5,7-8,11-13H2,1-2H3,(H,23,28,29)/t18-/m0/s1. The molecule has 4 heterocycles. The molecule has 0 unspecified atom stereocenters. The van der Waals surface area contributed by atoms with Crippen LogP contribution in [0.4, 0.5) is 14.9 Å². The van der Waals surface area contributed by atoms with Gasteiger partial charge in [0.05, 0.1) is 17.4 Å². The lowest BCUT2D eigenvalue weighted by molar-refractivity contribution is -0.120. The summed E-state index contributed by atoms with van der Waals surface area (Å²) in [4.78, 5) is 29.2. The van der Waals surface area contributed by atoms with Crippen molar-refractivity contribution in [3.05, 3.63) is 30.1 Å². The number of nitrogens with one attached hydrogen (secondary N) is 1. The second-order valence-corrected chi connectivity index (χ2v) is 8.21. The minimum Gasteiger partial charge on any atom is -0.294 e. The Morgan fingerprint density at radius 1 is 1.28 bits per heavy atom. The number of alkyl halides is 1. The molecule has 8 nitrogen and oxygen atoms in total. The maximum absolute atomic E-state index is 14.5. The molecule has 0 aromatic carbocycles. The summed E-state index contributed by atoms with van der Waals surface area (Å²) in [5, 5.41) is 6.66.